The van der Waals surface area contributed by atoms with Crippen LogP contribution < -0.4 is 25.7 Å². The number of aromatic hydroxyl groups is 1. The molecule has 4 aromatic carbocycles. The maximum Gasteiger partial charge on any atom is 0.409 e. The molecule has 0 saturated carbocycles. The number of hydrogen-bond donors (Lipinski definition) is 5. The van der Waals surface area contributed by atoms with Crippen molar-refractivity contribution in [1.29, 1.82) is 0 Å². The number of nitrogens with zero attached hydrogens (tertiary/aromatic N) is 1. The van der Waals surface area contributed by atoms with E-state index in [-0.39, 0.29) is 28.9 Å². The van der Waals surface area contributed by atoms with E-state index in [1.807, 2.05) is 54.6 Å². The van der Waals surface area contributed by atoms with Crippen molar-refractivity contribution in [2.24, 2.45) is 0 Å². The van der Waals surface area contributed by atoms with Gasteiger partial charge in [0.15, 0.2) is 14.9 Å². The molecule has 2 amide bonds. The minimum Gasteiger partial charge on any atom is -0.506 e. The first-order valence-corrected chi connectivity index (χ1v) is 22.4. The minimum atomic E-state index is -2.28. The van der Waals surface area contributed by atoms with Crippen LogP contribution in [-0.4, -0.2) is 74.3 Å². The first kappa shape index (κ1) is 43.8. The lowest BCUT2D eigenvalue weighted by Gasteiger charge is -2.39. The van der Waals surface area contributed by atoms with E-state index in [1.165, 1.54) is 6.07 Å². The number of carbonyl (C=O) groups excluding carboxylic acids is 1. The molecule has 0 aliphatic rings. The van der Waals surface area contributed by atoms with Crippen LogP contribution in [0, 0.1) is 0 Å². The fraction of sp³-hybridized carbons (Fsp3) is 0.341. The predicted octanol–water partition coefficient (Wildman–Crippen LogP) is 8.98. The molecular weight excluding hydrogens is 776 g/mol. The van der Waals surface area contributed by atoms with E-state index in [0.29, 0.717) is 65.6 Å². The van der Waals surface area contributed by atoms with Gasteiger partial charge in [-0.15, -0.1) is 0 Å². The Balaban J connectivity index is 1.20. The number of carbonyl (C=O) groups is 2. The van der Waals surface area contributed by atoms with Gasteiger partial charge >= 0.3 is 6.09 Å². The van der Waals surface area contributed by atoms with Gasteiger partial charge in [0.2, 0.25) is 5.56 Å². The summed E-state index contributed by atoms with van der Waals surface area (Å²) in [6, 6.07) is 25.3. The number of phenols is 1. The summed E-state index contributed by atoms with van der Waals surface area (Å²) in [5.74, 6) is 0.591. The van der Waals surface area contributed by atoms with Gasteiger partial charge in [-0.25, -0.2) is 4.79 Å². The molecule has 0 spiro atoms. The van der Waals surface area contributed by atoms with Crippen molar-refractivity contribution in [3.8, 4) is 28.4 Å². The Morgan fingerprint density at radius 1 is 0.983 bits per heavy atom. The molecule has 5 N–H and O–H groups in total. The Bertz CT molecular complexity index is 2290. The van der Waals surface area contributed by atoms with Crippen LogP contribution in [0.1, 0.15) is 50.0 Å². The molecule has 1 atom stereocenters. The van der Waals surface area contributed by atoms with Crippen LogP contribution >= 0.6 is 11.6 Å². The molecule has 0 radical (unpaired) electrons. The Hall–Kier alpha value is -5.34. The summed E-state index contributed by atoms with van der Waals surface area (Å²) in [7, 11) is 0.979. The molecule has 0 bridgehead atoms. The SMILES string of the molecule is COc1cc(OCC(=O)N(C)CCCc2ccc(-c3ccccc3)c(NC(=O)O)c2)c(Cl)cc1CNCC(O[Si](C)(C)C(C)(C)C)c1ccc(O)c2[nH]c(=O)ccc12. The fourth-order valence-corrected chi connectivity index (χ4v) is 7.89. The summed E-state index contributed by atoms with van der Waals surface area (Å²) < 4.78 is 18.5. The number of pyridine rings is 1. The number of H-pyrrole nitrogens is 1. The van der Waals surface area contributed by atoms with E-state index in [9.17, 15) is 24.6 Å². The molecule has 14 heteroatoms. The highest BCUT2D eigenvalue weighted by Crippen LogP contribution is 2.41. The van der Waals surface area contributed by atoms with Crippen molar-refractivity contribution in [2.75, 3.05) is 39.2 Å². The number of benzene rings is 4. The van der Waals surface area contributed by atoms with Crippen LogP contribution in [0.2, 0.25) is 23.2 Å². The van der Waals surface area contributed by atoms with E-state index in [2.05, 4.69) is 49.5 Å². The number of anilines is 1. The number of aryl methyl sites for hydroxylation is 1. The first-order chi connectivity index (χ1) is 27.5. The lowest BCUT2D eigenvalue weighted by Crippen LogP contribution is -2.43. The van der Waals surface area contributed by atoms with E-state index in [4.69, 9.17) is 25.5 Å². The standard InChI is InChI=1S/C44H53ClN4O8Si/c1-44(2,3)58(6,7)57-39(32-17-19-36(50)42-33(32)18-20-40(51)48-42)26-46-25-30-23-34(45)38(24-37(30)55-5)56-27-41(52)49(4)21-11-12-28-15-16-31(29-13-9-8-10-14-29)35(22-28)47-43(53)54/h8-10,13-20,22-24,39,46-47,50H,11-12,21,25-27H2,1-7H3,(H,48,51)(H,53,54). The summed E-state index contributed by atoms with van der Waals surface area (Å²) in [6.45, 7) is 11.9. The van der Waals surface area contributed by atoms with Gasteiger partial charge in [-0.2, -0.15) is 0 Å². The third-order valence-electron chi connectivity index (χ3n) is 10.6. The molecule has 12 nitrogen and oxygen atoms in total. The monoisotopic (exact) mass is 828 g/mol. The molecule has 1 unspecified atom stereocenters. The number of hydrogen-bond acceptors (Lipinski definition) is 8. The number of methoxy groups -OCH3 is 1. The van der Waals surface area contributed by atoms with E-state index < -0.39 is 20.5 Å². The van der Waals surface area contributed by atoms with Gasteiger partial charge in [-0.1, -0.05) is 80.9 Å². The molecule has 0 saturated heterocycles. The zero-order valence-electron chi connectivity index (χ0n) is 34.1. The molecule has 5 aromatic rings. The van der Waals surface area contributed by atoms with Gasteiger partial charge in [-0.3, -0.25) is 14.9 Å². The molecule has 0 fully saturated rings. The lowest BCUT2D eigenvalue weighted by atomic mass is 9.99. The molecule has 58 heavy (non-hydrogen) atoms. The van der Waals surface area contributed by atoms with Crippen LogP contribution in [0.3, 0.4) is 0 Å². The second-order valence-corrected chi connectivity index (χ2v) is 20.9. The average Bonchev–Trinajstić information content (AvgIpc) is 3.17. The number of ether oxygens (including phenoxy) is 2. The maximum atomic E-state index is 13.1. The van der Waals surface area contributed by atoms with Gasteiger partial charge in [0, 0.05) is 55.3 Å². The highest BCUT2D eigenvalue weighted by atomic mass is 35.5. The highest BCUT2D eigenvalue weighted by molar-refractivity contribution is 6.74. The largest absolute Gasteiger partial charge is 0.506 e. The van der Waals surface area contributed by atoms with E-state index >= 15 is 0 Å². The molecule has 0 aliphatic heterocycles. The van der Waals surface area contributed by atoms with Gasteiger partial charge in [0.1, 0.15) is 17.2 Å². The van der Waals surface area contributed by atoms with Crippen molar-refractivity contribution < 1.29 is 33.7 Å². The van der Waals surface area contributed by atoms with Crippen LogP contribution in [-0.2, 0) is 22.2 Å². The average molecular weight is 829 g/mol. The maximum absolute atomic E-state index is 13.1. The Morgan fingerprint density at radius 2 is 1.72 bits per heavy atom. The molecule has 308 valence electrons. The summed E-state index contributed by atoms with van der Waals surface area (Å²) in [5, 5.41) is 26.9. The number of nitrogens with one attached hydrogen (secondary N) is 3. The van der Waals surface area contributed by atoms with Gasteiger partial charge in [0.05, 0.1) is 29.4 Å². The number of fused-ring (bicyclic) bond motifs is 1. The van der Waals surface area contributed by atoms with Crippen molar-refractivity contribution in [3.05, 3.63) is 117 Å². The number of phenolic OH excluding ortho intramolecular Hbond substituents is 1. The summed E-state index contributed by atoms with van der Waals surface area (Å²) in [6.07, 6.45) is -0.259. The van der Waals surface area contributed by atoms with Crippen LogP contribution in [0.4, 0.5) is 10.5 Å². The topological polar surface area (TPSA) is 162 Å². The van der Waals surface area contributed by atoms with Gasteiger partial charge in [0.25, 0.3) is 5.91 Å². The summed E-state index contributed by atoms with van der Waals surface area (Å²) in [4.78, 5) is 41.0. The molecule has 1 aromatic heterocycles. The number of aromatic nitrogens is 1. The highest BCUT2D eigenvalue weighted by Gasteiger charge is 2.39. The Morgan fingerprint density at radius 3 is 2.41 bits per heavy atom. The second kappa shape index (κ2) is 18.9. The zero-order valence-corrected chi connectivity index (χ0v) is 35.8. The normalized spacial score (nSPS) is 12.3. The van der Waals surface area contributed by atoms with Crippen LogP contribution in [0.15, 0.2) is 89.7 Å². The first-order valence-electron chi connectivity index (χ1n) is 19.1. The van der Waals surface area contributed by atoms with Crippen molar-refractivity contribution in [1.82, 2.24) is 15.2 Å². The molecule has 5 rings (SSSR count). The molecule has 1 heterocycles. The van der Waals surface area contributed by atoms with E-state index in [1.54, 1.807) is 43.3 Å². The van der Waals surface area contributed by atoms with E-state index in [0.717, 1.165) is 27.8 Å². The number of amides is 2. The van der Waals surface area contributed by atoms with Crippen LogP contribution in [0.25, 0.3) is 22.0 Å². The van der Waals surface area contributed by atoms with Crippen molar-refractivity contribution in [3.63, 3.8) is 0 Å². The molecule has 0 aliphatic carbocycles. The summed E-state index contributed by atoms with van der Waals surface area (Å²) in [5.41, 5.74) is 4.80. The smallest absolute Gasteiger partial charge is 0.409 e. The lowest BCUT2D eigenvalue weighted by molar-refractivity contribution is -0.132. The second-order valence-electron chi connectivity index (χ2n) is 15.8. The number of carboxylic acid groups (broad SMARTS) is 1. The Kier molecular flexibility index (Phi) is 14.3. The third-order valence-corrected chi connectivity index (χ3v) is 15.4. The third kappa shape index (κ3) is 11.0. The number of likely N-dealkylation sites (N-methyl/N-ethyl adjacent to an activating group) is 1. The summed E-state index contributed by atoms with van der Waals surface area (Å²) >= 11 is 6.69. The van der Waals surface area contributed by atoms with Crippen LogP contribution in [0.5, 0.6) is 17.2 Å². The minimum absolute atomic E-state index is 0.0149. The number of halogens is 1. The van der Waals surface area contributed by atoms with Crippen molar-refractivity contribution >= 4 is 48.5 Å². The zero-order chi connectivity index (χ0) is 42.2. The Labute approximate surface area is 345 Å². The predicted molar refractivity (Wildman–Crippen MR) is 232 cm³/mol. The van der Waals surface area contributed by atoms with Gasteiger partial charge in [-0.05, 0) is 71.9 Å². The number of rotatable bonds is 17. The van der Waals surface area contributed by atoms with Gasteiger partial charge < -0.3 is 39.3 Å². The van der Waals surface area contributed by atoms with Crippen molar-refractivity contribution in [2.45, 2.75) is 64.4 Å². The number of aromatic amines is 1. The fourth-order valence-electron chi connectivity index (χ4n) is 6.37. The quantitative estimate of drug-likeness (QED) is 0.0576. The molecular formula is C44H53ClN4O8Si.